The van der Waals surface area contributed by atoms with Crippen molar-refractivity contribution in [2.45, 2.75) is 6.92 Å². The Labute approximate surface area is 154 Å². The van der Waals surface area contributed by atoms with Gasteiger partial charge in [0.15, 0.2) is 0 Å². The highest BCUT2D eigenvalue weighted by atomic mass is 35.5. The van der Waals surface area contributed by atoms with Gasteiger partial charge in [-0.25, -0.2) is 5.01 Å². The summed E-state index contributed by atoms with van der Waals surface area (Å²) in [4.78, 5) is 11.4. The van der Waals surface area contributed by atoms with Crippen LogP contribution >= 0.6 is 11.6 Å². The summed E-state index contributed by atoms with van der Waals surface area (Å²) < 4.78 is 1.81. The van der Waals surface area contributed by atoms with Crippen LogP contribution < -0.4 is 5.01 Å². The molecule has 2 heterocycles. The minimum atomic E-state index is -1.01. The molecule has 2 aromatic carbocycles. The molecule has 0 spiro atoms. The van der Waals surface area contributed by atoms with Crippen molar-refractivity contribution in [3.8, 4) is 5.69 Å². The summed E-state index contributed by atoms with van der Waals surface area (Å²) >= 11 is 6.01. The van der Waals surface area contributed by atoms with Crippen LogP contribution in [0, 0.1) is 6.92 Å². The average Bonchev–Trinajstić information content (AvgIpc) is 2.94. The van der Waals surface area contributed by atoms with E-state index in [4.69, 9.17) is 11.6 Å². The number of aliphatic carboxylic acids is 1. The molecule has 1 aliphatic rings. The number of para-hydroxylation sites is 1. The van der Waals surface area contributed by atoms with Crippen LogP contribution in [-0.4, -0.2) is 38.1 Å². The number of benzene rings is 2. The van der Waals surface area contributed by atoms with Crippen LogP contribution in [0.15, 0.2) is 53.6 Å². The highest BCUT2D eigenvalue weighted by molar-refractivity contribution is 6.30. The summed E-state index contributed by atoms with van der Waals surface area (Å²) in [7, 11) is 0. The van der Waals surface area contributed by atoms with Gasteiger partial charge in [-0.1, -0.05) is 41.9 Å². The zero-order valence-corrected chi connectivity index (χ0v) is 14.6. The van der Waals surface area contributed by atoms with E-state index in [-0.39, 0.29) is 6.54 Å². The van der Waals surface area contributed by atoms with Crippen LogP contribution in [0.4, 0.5) is 5.95 Å². The average molecular weight is 368 g/mol. The van der Waals surface area contributed by atoms with E-state index in [1.54, 1.807) is 12.1 Å². The molecule has 7 nitrogen and oxygen atoms in total. The van der Waals surface area contributed by atoms with Crippen LogP contribution in [0.1, 0.15) is 17.0 Å². The van der Waals surface area contributed by atoms with Gasteiger partial charge in [0.05, 0.1) is 5.69 Å². The van der Waals surface area contributed by atoms with E-state index in [1.807, 2.05) is 47.9 Å². The number of aromatic nitrogens is 3. The second kappa shape index (κ2) is 6.27. The van der Waals surface area contributed by atoms with Gasteiger partial charge in [0, 0.05) is 16.1 Å². The number of aryl methyl sites for hydroxylation is 1. The Bertz CT molecular complexity index is 1030. The number of carboxylic acids is 1. The Hall–Kier alpha value is -3.19. The van der Waals surface area contributed by atoms with Crippen LogP contribution in [0.5, 0.6) is 0 Å². The van der Waals surface area contributed by atoms with Gasteiger partial charge in [-0.15, -0.1) is 10.2 Å². The van der Waals surface area contributed by atoms with Crippen molar-refractivity contribution in [3.05, 3.63) is 70.5 Å². The Kier molecular flexibility index (Phi) is 3.93. The molecule has 0 aliphatic carbocycles. The monoisotopic (exact) mass is 367 g/mol. The van der Waals surface area contributed by atoms with Gasteiger partial charge in [-0.3, -0.25) is 9.36 Å². The number of anilines is 1. The predicted octanol–water partition coefficient (Wildman–Crippen LogP) is 2.89. The minimum Gasteiger partial charge on any atom is -0.480 e. The molecule has 4 rings (SSSR count). The molecule has 1 N–H and O–H groups in total. The van der Waals surface area contributed by atoms with Gasteiger partial charge in [-0.2, -0.15) is 5.10 Å². The van der Waals surface area contributed by atoms with Crippen molar-refractivity contribution < 1.29 is 9.90 Å². The maximum absolute atomic E-state index is 11.4. The van der Waals surface area contributed by atoms with Crippen molar-refractivity contribution in [2.75, 3.05) is 11.6 Å². The third-order valence-corrected chi connectivity index (χ3v) is 4.31. The normalized spacial score (nSPS) is 12.8. The first-order valence-electron chi connectivity index (χ1n) is 7.90. The summed E-state index contributed by atoms with van der Waals surface area (Å²) in [5, 5.41) is 24.1. The van der Waals surface area contributed by atoms with Gasteiger partial charge < -0.3 is 5.11 Å². The lowest BCUT2D eigenvalue weighted by molar-refractivity contribution is -0.135. The zero-order chi connectivity index (χ0) is 18.3. The van der Waals surface area contributed by atoms with Crippen molar-refractivity contribution >= 4 is 29.2 Å². The first kappa shape index (κ1) is 16.3. The number of carbonyl (C=O) groups is 1. The first-order valence-corrected chi connectivity index (χ1v) is 8.28. The SMILES string of the molecule is Cc1nnc2n1-c1ccccc1C(c1ccc(Cl)cc1)=NN2CC(=O)O. The topological polar surface area (TPSA) is 83.6 Å². The van der Waals surface area contributed by atoms with Crippen molar-refractivity contribution in [1.82, 2.24) is 14.8 Å². The highest BCUT2D eigenvalue weighted by Gasteiger charge is 2.27. The standard InChI is InChI=1S/C18H14ClN5O2/c1-11-20-21-18-23(10-16(25)26)22-17(12-6-8-13(19)9-7-12)14-4-2-3-5-15(14)24(11)18/h2-9H,10H2,1H3,(H,25,26). The Morgan fingerprint density at radius 1 is 1.12 bits per heavy atom. The molecular formula is C18H14ClN5O2. The first-order chi connectivity index (χ1) is 12.5. The fourth-order valence-corrected chi connectivity index (χ4v) is 3.07. The molecule has 0 radical (unpaired) electrons. The maximum Gasteiger partial charge on any atom is 0.325 e. The van der Waals surface area contributed by atoms with E-state index in [0.29, 0.717) is 22.5 Å². The van der Waals surface area contributed by atoms with E-state index >= 15 is 0 Å². The van der Waals surface area contributed by atoms with Gasteiger partial charge >= 0.3 is 5.97 Å². The van der Waals surface area contributed by atoms with E-state index in [1.165, 1.54) is 5.01 Å². The molecule has 1 aromatic heterocycles. The number of fused-ring (bicyclic) bond motifs is 3. The summed E-state index contributed by atoms with van der Waals surface area (Å²) in [5.41, 5.74) is 3.16. The molecule has 0 atom stereocenters. The lowest BCUT2D eigenvalue weighted by Crippen LogP contribution is -2.27. The molecule has 0 fully saturated rings. The van der Waals surface area contributed by atoms with Crippen LogP contribution in [0.25, 0.3) is 5.69 Å². The molecule has 3 aromatic rings. The van der Waals surface area contributed by atoms with Gasteiger partial charge in [-0.05, 0) is 25.1 Å². The lowest BCUT2D eigenvalue weighted by atomic mass is 10.0. The second-order valence-electron chi connectivity index (χ2n) is 5.81. The molecule has 130 valence electrons. The van der Waals surface area contributed by atoms with Crippen molar-refractivity contribution in [3.63, 3.8) is 0 Å². The number of nitrogens with zero attached hydrogens (tertiary/aromatic N) is 5. The van der Waals surface area contributed by atoms with Gasteiger partial charge in [0.25, 0.3) is 5.95 Å². The van der Waals surface area contributed by atoms with Crippen LogP contribution in [0.3, 0.4) is 0 Å². The van der Waals surface area contributed by atoms with E-state index in [0.717, 1.165) is 16.8 Å². The Balaban J connectivity index is 1.99. The summed E-state index contributed by atoms with van der Waals surface area (Å²) in [6.07, 6.45) is 0. The smallest absolute Gasteiger partial charge is 0.325 e. The molecule has 0 saturated heterocycles. The number of carboxylic acid groups (broad SMARTS) is 1. The Morgan fingerprint density at radius 2 is 1.85 bits per heavy atom. The summed E-state index contributed by atoms with van der Waals surface area (Å²) in [6.45, 7) is 1.49. The number of hydrazone groups is 1. The largest absolute Gasteiger partial charge is 0.480 e. The summed E-state index contributed by atoms with van der Waals surface area (Å²) in [5.74, 6) is -0.000858. The minimum absolute atomic E-state index is 0.330. The van der Waals surface area contributed by atoms with Crippen molar-refractivity contribution in [2.24, 2.45) is 5.10 Å². The second-order valence-corrected chi connectivity index (χ2v) is 6.24. The van der Waals surface area contributed by atoms with Crippen molar-refractivity contribution in [1.29, 1.82) is 0 Å². The van der Waals surface area contributed by atoms with E-state index in [9.17, 15) is 9.90 Å². The zero-order valence-electron chi connectivity index (χ0n) is 13.8. The number of halogens is 1. The number of rotatable bonds is 3. The van der Waals surface area contributed by atoms with Crippen LogP contribution in [-0.2, 0) is 4.79 Å². The Morgan fingerprint density at radius 3 is 2.58 bits per heavy atom. The maximum atomic E-state index is 11.4. The summed E-state index contributed by atoms with van der Waals surface area (Å²) in [6, 6.07) is 15.0. The predicted molar refractivity (Wildman–Crippen MR) is 98.2 cm³/mol. The molecule has 0 saturated carbocycles. The van der Waals surface area contributed by atoms with Gasteiger partial charge in [0.1, 0.15) is 18.1 Å². The lowest BCUT2D eigenvalue weighted by Gasteiger charge is -2.15. The quantitative estimate of drug-likeness (QED) is 0.769. The molecule has 0 unspecified atom stereocenters. The van der Waals surface area contributed by atoms with E-state index < -0.39 is 5.97 Å². The number of hydrogen-bond acceptors (Lipinski definition) is 5. The number of hydrogen-bond donors (Lipinski definition) is 1. The van der Waals surface area contributed by atoms with E-state index in [2.05, 4.69) is 15.3 Å². The molecule has 26 heavy (non-hydrogen) atoms. The fourth-order valence-electron chi connectivity index (χ4n) is 2.94. The molecular weight excluding hydrogens is 354 g/mol. The fraction of sp³-hybridized carbons (Fsp3) is 0.111. The molecule has 0 bridgehead atoms. The third-order valence-electron chi connectivity index (χ3n) is 4.06. The highest BCUT2D eigenvalue weighted by Crippen LogP contribution is 2.29. The van der Waals surface area contributed by atoms with Crippen LogP contribution in [0.2, 0.25) is 5.02 Å². The van der Waals surface area contributed by atoms with Gasteiger partial charge in [0.2, 0.25) is 0 Å². The molecule has 0 amide bonds. The molecule has 8 heteroatoms. The third kappa shape index (κ3) is 2.72. The molecule has 1 aliphatic heterocycles.